The molecule has 1 saturated heterocycles. The Labute approximate surface area is 122 Å². The molecule has 0 aromatic heterocycles. The molecule has 6 heteroatoms. The van der Waals surface area contributed by atoms with Gasteiger partial charge in [0.25, 0.3) is 5.91 Å². The van der Waals surface area contributed by atoms with E-state index < -0.39 is 17.5 Å². The van der Waals surface area contributed by atoms with Crippen LogP contribution in [0.4, 0.5) is 4.39 Å². The highest BCUT2D eigenvalue weighted by molar-refractivity contribution is 5.96. The zero-order valence-corrected chi connectivity index (χ0v) is 11.6. The molecular weight excluding hydrogens is 277 g/mol. The maximum Gasteiger partial charge on any atom is 0.255 e. The van der Waals surface area contributed by atoms with E-state index in [1.807, 2.05) is 0 Å². The lowest BCUT2D eigenvalue weighted by Crippen LogP contribution is -2.35. The number of carbonyl (C=O) groups excluding carboxylic acids is 1. The van der Waals surface area contributed by atoms with Gasteiger partial charge in [-0.25, -0.2) is 4.39 Å². The summed E-state index contributed by atoms with van der Waals surface area (Å²) in [5.74, 6) is -1.80. The number of halogens is 1. The van der Waals surface area contributed by atoms with Crippen molar-refractivity contribution in [2.24, 2.45) is 0 Å². The van der Waals surface area contributed by atoms with Crippen molar-refractivity contribution in [3.8, 4) is 5.75 Å². The number of phenolic OH excluding ortho intramolecular Hbond substituents is 1. The minimum atomic E-state index is -0.566. The van der Waals surface area contributed by atoms with Crippen LogP contribution in [0.15, 0.2) is 18.2 Å². The zero-order chi connectivity index (χ0) is 14.9. The lowest BCUT2D eigenvalue weighted by atomic mass is 10.2. The van der Waals surface area contributed by atoms with Crippen LogP contribution < -0.4 is 5.32 Å². The first-order valence-corrected chi connectivity index (χ1v) is 7.16. The van der Waals surface area contributed by atoms with Gasteiger partial charge in [-0.3, -0.25) is 4.79 Å². The fourth-order valence-corrected chi connectivity index (χ4v) is 2.88. The van der Waals surface area contributed by atoms with Crippen molar-refractivity contribution in [2.45, 2.75) is 37.6 Å². The van der Waals surface area contributed by atoms with E-state index in [0.717, 1.165) is 43.9 Å². The molecule has 1 amide bonds. The quantitative estimate of drug-likeness (QED) is 0.894. The summed E-state index contributed by atoms with van der Waals surface area (Å²) < 4.78 is 24.7. The molecule has 1 aliphatic carbocycles. The molecule has 0 bridgehead atoms. The highest BCUT2D eigenvalue weighted by Gasteiger charge is 2.43. The van der Waals surface area contributed by atoms with Crippen LogP contribution in [0.2, 0.25) is 0 Å². The van der Waals surface area contributed by atoms with E-state index in [9.17, 15) is 14.3 Å². The molecule has 1 spiro atoms. The fraction of sp³-hybridized carbons (Fsp3) is 0.533. The Balaban J connectivity index is 1.56. The standard InChI is InChI=1S/C15H18FNO4/c16-10-3-4-13(18)12(7-10)14(19)17-8-11-9-20-15(21-11)5-1-2-6-15/h3-4,7,11,18H,1-2,5-6,8-9H2,(H,17,19)/t11-/m1/s1. The first-order chi connectivity index (χ1) is 10.1. The number of benzene rings is 1. The minimum absolute atomic E-state index is 0.0792. The van der Waals surface area contributed by atoms with Gasteiger partial charge < -0.3 is 19.9 Å². The van der Waals surface area contributed by atoms with E-state index in [4.69, 9.17) is 9.47 Å². The van der Waals surface area contributed by atoms with Gasteiger partial charge in [-0.2, -0.15) is 0 Å². The molecule has 5 nitrogen and oxygen atoms in total. The maximum absolute atomic E-state index is 13.1. The molecule has 21 heavy (non-hydrogen) atoms. The Kier molecular flexibility index (Phi) is 3.82. The van der Waals surface area contributed by atoms with E-state index in [1.54, 1.807) is 0 Å². The molecule has 2 fully saturated rings. The van der Waals surface area contributed by atoms with E-state index in [0.29, 0.717) is 6.61 Å². The molecule has 0 unspecified atom stereocenters. The SMILES string of the molecule is O=C(NC[C@@H]1COC2(CCCC2)O1)c1cc(F)ccc1O. The summed E-state index contributed by atoms with van der Waals surface area (Å²) in [6.07, 6.45) is 3.76. The number of aromatic hydroxyl groups is 1. The van der Waals surface area contributed by atoms with Gasteiger partial charge in [0.05, 0.1) is 12.2 Å². The molecule has 1 aromatic rings. The van der Waals surface area contributed by atoms with Gasteiger partial charge in [0.15, 0.2) is 5.79 Å². The van der Waals surface area contributed by atoms with Crippen LogP contribution in [0, 0.1) is 5.82 Å². The Hall–Kier alpha value is -1.66. The normalized spacial score (nSPS) is 23.6. The number of carbonyl (C=O) groups is 1. The topological polar surface area (TPSA) is 67.8 Å². The van der Waals surface area contributed by atoms with E-state index in [-0.39, 0.29) is 24.0 Å². The monoisotopic (exact) mass is 295 g/mol. The largest absolute Gasteiger partial charge is 0.507 e. The minimum Gasteiger partial charge on any atom is -0.507 e. The average molecular weight is 295 g/mol. The number of rotatable bonds is 3. The molecule has 1 saturated carbocycles. The molecule has 0 radical (unpaired) electrons. The predicted molar refractivity (Wildman–Crippen MR) is 72.4 cm³/mol. The van der Waals surface area contributed by atoms with Crippen molar-refractivity contribution < 1.29 is 23.8 Å². The van der Waals surface area contributed by atoms with Gasteiger partial charge >= 0.3 is 0 Å². The summed E-state index contributed by atoms with van der Waals surface area (Å²) in [5.41, 5.74) is -0.0792. The number of phenols is 1. The number of ether oxygens (including phenoxy) is 2. The molecule has 1 aromatic carbocycles. The molecule has 2 N–H and O–H groups in total. The summed E-state index contributed by atoms with van der Waals surface area (Å²) in [4.78, 5) is 12.0. The van der Waals surface area contributed by atoms with Gasteiger partial charge in [-0.05, 0) is 31.0 Å². The van der Waals surface area contributed by atoms with Crippen LogP contribution in [0.5, 0.6) is 5.75 Å². The van der Waals surface area contributed by atoms with Crippen LogP contribution >= 0.6 is 0 Å². The van der Waals surface area contributed by atoms with Gasteiger partial charge in [0.1, 0.15) is 17.7 Å². The van der Waals surface area contributed by atoms with Crippen LogP contribution in [-0.2, 0) is 9.47 Å². The third-order valence-corrected chi connectivity index (χ3v) is 3.97. The summed E-state index contributed by atoms with van der Waals surface area (Å²) in [6.45, 7) is 0.714. The Morgan fingerprint density at radius 2 is 2.19 bits per heavy atom. The van der Waals surface area contributed by atoms with E-state index >= 15 is 0 Å². The van der Waals surface area contributed by atoms with Crippen LogP contribution in [0.3, 0.4) is 0 Å². The summed E-state index contributed by atoms with van der Waals surface area (Å²) >= 11 is 0. The third kappa shape index (κ3) is 3.01. The highest BCUT2D eigenvalue weighted by Crippen LogP contribution is 2.39. The fourth-order valence-electron chi connectivity index (χ4n) is 2.88. The van der Waals surface area contributed by atoms with Gasteiger partial charge in [-0.15, -0.1) is 0 Å². The molecule has 114 valence electrons. The van der Waals surface area contributed by atoms with Crippen LogP contribution in [0.1, 0.15) is 36.0 Å². The van der Waals surface area contributed by atoms with Gasteiger partial charge in [-0.1, -0.05) is 0 Å². The lowest BCUT2D eigenvalue weighted by molar-refractivity contribution is -0.161. The van der Waals surface area contributed by atoms with Crippen molar-refractivity contribution in [1.29, 1.82) is 0 Å². The number of nitrogens with one attached hydrogen (secondary N) is 1. The second kappa shape index (κ2) is 5.61. The van der Waals surface area contributed by atoms with Crippen molar-refractivity contribution in [3.05, 3.63) is 29.6 Å². The van der Waals surface area contributed by atoms with Crippen LogP contribution in [0.25, 0.3) is 0 Å². The number of hydrogen-bond donors (Lipinski definition) is 2. The van der Waals surface area contributed by atoms with Crippen molar-refractivity contribution >= 4 is 5.91 Å². The molecule has 3 rings (SSSR count). The molecule has 1 heterocycles. The Morgan fingerprint density at radius 1 is 1.43 bits per heavy atom. The maximum atomic E-state index is 13.1. The summed E-state index contributed by atoms with van der Waals surface area (Å²) in [7, 11) is 0. The van der Waals surface area contributed by atoms with Crippen molar-refractivity contribution in [1.82, 2.24) is 5.32 Å². The summed E-state index contributed by atoms with van der Waals surface area (Å²) in [5, 5.41) is 12.2. The molecule has 1 aliphatic heterocycles. The van der Waals surface area contributed by atoms with Crippen molar-refractivity contribution in [3.63, 3.8) is 0 Å². The molecule has 1 atom stereocenters. The summed E-state index contributed by atoms with van der Waals surface area (Å²) in [6, 6.07) is 3.27. The van der Waals surface area contributed by atoms with Gasteiger partial charge in [0.2, 0.25) is 0 Å². The third-order valence-electron chi connectivity index (χ3n) is 3.97. The first kappa shape index (κ1) is 14.3. The number of hydrogen-bond acceptors (Lipinski definition) is 4. The predicted octanol–water partition coefficient (Wildman–Crippen LogP) is 1.95. The Bertz CT molecular complexity index is 542. The second-order valence-electron chi connectivity index (χ2n) is 5.54. The highest BCUT2D eigenvalue weighted by atomic mass is 19.1. The Morgan fingerprint density at radius 3 is 2.95 bits per heavy atom. The van der Waals surface area contributed by atoms with E-state index in [1.165, 1.54) is 0 Å². The first-order valence-electron chi connectivity index (χ1n) is 7.16. The molecular formula is C15H18FNO4. The van der Waals surface area contributed by atoms with E-state index in [2.05, 4.69) is 5.32 Å². The zero-order valence-electron chi connectivity index (χ0n) is 11.6. The second-order valence-corrected chi connectivity index (χ2v) is 5.54. The number of amides is 1. The van der Waals surface area contributed by atoms with Crippen LogP contribution in [-0.4, -0.2) is 36.1 Å². The average Bonchev–Trinajstić information content (AvgIpc) is 3.09. The van der Waals surface area contributed by atoms with Crippen molar-refractivity contribution in [2.75, 3.05) is 13.2 Å². The lowest BCUT2D eigenvalue weighted by Gasteiger charge is -2.21. The smallest absolute Gasteiger partial charge is 0.255 e. The van der Waals surface area contributed by atoms with Gasteiger partial charge in [0, 0.05) is 19.4 Å². The molecule has 2 aliphatic rings.